The van der Waals surface area contributed by atoms with Crippen LogP contribution in [-0.4, -0.2) is 4.98 Å². The maximum atomic E-state index is 5.91. The van der Waals surface area contributed by atoms with Crippen LogP contribution >= 0.6 is 0 Å². The normalized spacial score (nSPS) is 10.5. The Morgan fingerprint density at radius 2 is 1.30 bits per heavy atom. The summed E-state index contributed by atoms with van der Waals surface area (Å²) in [4.78, 5) is 6.94. The Labute approximate surface area is 137 Å². The molecule has 0 spiro atoms. The standard InChI is InChI=1S/C20H21N3/c1-16-19(21)12-13-20(22-16)23(14-17-8-4-2-5-9-17)15-18-10-6-3-7-11-18/h2-13H,14-15,21H2,1H3. The molecule has 3 aromatic rings. The number of hydrogen-bond acceptors (Lipinski definition) is 3. The van der Waals surface area contributed by atoms with Gasteiger partial charge in [-0.05, 0) is 30.2 Å². The third kappa shape index (κ3) is 3.89. The van der Waals surface area contributed by atoms with E-state index in [4.69, 9.17) is 5.73 Å². The largest absolute Gasteiger partial charge is 0.397 e. The molecule has 0 amide bonds. The molecular weight excluding hydrogens is 282 g/mol. The van der Waals surface area contributed by atoms with E-state index in [0.29, 0.717) is 0 Å². The van der Waals surface area contributed by atoms with Crippen LogP contribution in [-0.2, 0) is 13.1 Å². The van der Waals surface area contributed by atoms with Crippen LogP contribution in [0.3, 0.4) is 0 Å². The first kappa shape index (κ1) is 15.1. The van der Waals surface area contributed by atoms with Crippen LogP contribution in [0.4, 0.5) is 11.5 Å². The van der Waals surface area contributed by atoms with E-state index in [1.807, 2.05) is 31.2 Å². The lowest BCUT2D eigenvalue weighted by Crippen LogP contribution is -2.23. The zero-order chi connectivity index (χ0) is 16.1. The van der Waals surface area contributed by atoms with E-state index in [2.05, 4.69) is 58.4 Å². The summed E-state index contributed by atoms with van der Waals surface area (Å²) < 4.78 is 0. The number of aromatic nitrogens is 1. The Bertz CT molecular complexity index is 713. The van der Waals surface area contributed by atoms with Crippen LogP contribution < -0.4 is 10.6 Å². The molecule has 1 aromatic heterocycles. The fourth-order valence-electron chi connectivity index (χ4n) is 2.56. The zero-order valence-electron chi connectivity index (χ0n) is 13.3. The number of hydrogen-bond donors (Lipinski definition) is 1. The molecule has 3 rings (SSSR count). The van der Waals surface area contributed by atoms with Crippen molar-refractivity contribution in [2.24, 2.45) is 0 Å². The minimum Gasteiger partial charge on any atom is -0.397 e. The van der Waals surface area contributed by atoms with Crippen LogP contribution in [0.2, 0.25) is 0 Å². The van der Waals surface area contributed by atoms with Gasteiger partial charge in [0.05, 0.1) is 11.4 Å². The van der Waals surface area contributed by atoms with Gasteiger partial charge in [0, 0.05) is 13.1 Å². The second kappa shape index (κ2) is 6.97. The minimum absolute atomic E-state index is 0.730. The highest BCUT2D eigenvalue weighted by Crippen LogP contribution is 2.21. The summed E-state index contributed by atoms with van der Waals surface area (Å²) in [6.45, 7) is 3.57. The SMILES string of the molecule is Cc1nc(N(Cc2ccccc2)Cc2ccccc2)ccc1N. The second-order valence-corrected chi connectivity index (χ2v) is 5.67. The summed E-state index contributed by atoms with van der Waals surface area (Å²) in [6.07, 6.45) is 0. The highest BCUT2D eigenvalue weighted by Gasteiger charge is 2.11. The molecule has 0 bridgehead atoms. The van der Waals surface area contributed by atoms with E-state index in [-0.39, 0.29) is 0 Å². The predicted molar refractivity (Wildman–Crippen MR) is 96.2 cm³/mol. The van der Waals surface area contributed by atoms with Crippen molar-refractivity contribution in [3.63, 3.8) is 0 Å². The lowest BCUT2D eigenvalue weighted by Gasteiger charge is -2.24. The van der Waals surface area contributed by atoms with Crippen molar-refractivity contribution in [2.45, 2.75) is 20.0 Å². The fourth-order valence-corrected chi connectivity index (χ4v) is 2.56. The van der Waals surface area contributed by atoms with Crippen molar-refractivity contribution in [1.82, 2.24) is 4.98 Å². The highest BCUT2D eigenvalue weighted by molar-refractivity contribution is 5.51. The summed E-state index contributed by atoms with van der Waals surface area (Å²) >= 11 is 0. The molecule has 2 aromatic carbocycles. The van der Waals surface area contributed by atoms with E-state index in [1.165, 1.54) is 11.1 Å². The molecule has 0 fully saturated rings. The Kier molecular flexibility index (Phi) is 4.57. The molecule has 2 N–H and O–H groups in total. The zero-order valence-corrected chi connectivity index (χ0v) is 13.3. The van der Waals surface area contributed by atoms with Gasteiger partial charge in [0.2, 0.25) is 0 Å². The van der Waals surface area contributed by atoms with Crippen LogP contribution in [0, 0.1) is 6.92 Å². The number of nitrogens with two attached hydrogens (primary N) is 1. The summed E-state index contributed by atoms with van der Waals surface area (Å²) in [5.41, 5.74) is 10.0. The minimum atomic E-state index is 0.730. The van der Waals surface area contributed by atoms with Crippen molar-refractivity contribution in [1.29, 1.82) is 0 Å². The Morgan fingerprint density at radius 3 is 1.78 bits per heavy atom. The first-order chi connectivity index (χ1) is 11.2. The number of nitrogens with zero attached hydrogens (tertiary/aromatic N) is 2. The molecule has 0 saturated carbocycles. The van der Waals surface area contributed by atoms with Gasteiger partial charge in [-0.3, -0.25) is 0 Å². The second-order valence-electron chi connectivity index (χ2n) is 5.67. The first-order valence-corrected chi connectivity index (χ1v) is 7.78. The lowest BCUT2D eigenvalue weighted by atomic mass is 10.1. The van der Waals surface area contributed by atoms with Gasteiger partial charge in [0.15, 0.2) is 0 Å². The average Bonchev–Trinajstić information content (AvgIpc) is 2.59. The maximum absolute atomic E-state index is 5.91. The molecular formula is C20H21N3. The molecule has 0 radical (unpaired) electrons. The van der Waals surface area contributed by atoms with Crippen LogP contribution in [0.25, 0.3) is 0 Å². The van der Waals surface area contributed by atoms with Gasteiger partial charge in [0.25, 0.3) is 0 Å². The molecule has 3 nitrogen and oxygen atoms in total. The number of aryl methyl sites for hydroxylation is 1. The topological polar surface area (TPSA) is 42.2 Å². The molecule has 23 heavy (non-hydrogen) atoms. The van der Waals surface area contributed by atoms with Crippen molar-refractivity contribution in [3.8, 4) is 0 Å². The highest BCUT2D eigenvalue weighted by atomic mass is 15.2. The van der Waals surface area contributed by atoms with Gasteiger partial charge < -0.3 is 10.6 Å². The van der Waals surface area contributed by atoms with E-state index >= 15 is 0 Å². The number of pyridine rings is 1. The summed E-state index contributed by atoms with van der Waals surface area (Å²) in [5, 5.41) is 0. The lowest BCUT2D eigenvalue weighted by molar-refractivity contribution is 0.781. The van der Waals surface area contributed by atoms with Gasteiger partial charge >= 0.3 is 0 Å². The van der Waals surface area contributed by atoms with Crippen LogP contribution in [0.15, 0.2) is 72.8 Å². The van der Waals surface area contributed by atoms with Gasteiger partial charge in [-0.1, -0.05) is 60.7 Å². The molecule has 0 saturated heterocycles. The van der Waals surface area contributed by atoms with E-state index in [1.54, 1.807) is 0 Å². The molecule has 0 aliphatic rings. The van der Waals surface area contributed by atoms with Crippen LogP contribution in [0.1, 0.15) is 16.8 Å². The Morgan fingerprint density at radius 1 is 0.783 bits per heavy atom. The summed E-state index contributed by atoms with van der Waals surface area (Å²) in [5.74, 6) is 0.949. The maximum Gasteiger partial charge on any atom is 0.129 e. The van der Waals surface area contributed by atoms with Crippen molar-refractivity contribution >= 4 is 11.5 Å². The molecule has 3 heteroatoms. The average molecular weight is 303 g/mol. The molecule has 0 unspecified atom stereocenters. The van der Waals surface area contributed by atoms with Gasteiger partial charge in [-0.2, -0.15) is 0 Å². The van der Waals surface area contributed by atoms with Gasteiger partial charge in [-0.15, -0.1) is 0 Å². The number of nitrogen functional groups attached to an aromatic ring is 1. The molecule has 0 aliphatic heterocycles. The molecule has 0 aliphatic carbocycles. The number of benzene rings is 2. The van der Waals surface area contributed by atoms with E-state index in [9.17, 15) is 0 Å². The monoisotopic (exact) mass is 303 g/mol. The fraction of sp³-hybridized carbons (Fsp3) is 0.150. The molecule has 1 heterocycles. The number of anilines is 2. The quantitative estimate of drug-likeness (QED) is 0.769. The first-order valence-electron chi connectivity index (χ1n) is 7.78. The van der Waals surface area contributed by atoms with Crippen molar-refractivity contribution < 1.29 is 0 Å². The van der Waals surface area contributed by atoms with E-state index < -0.39 is 0 Å². The van der Waals surface area contributed by atoms with Gasteiger partial charge in [-0.25, -0.2) is 4.98 Å². The van der Waals surface area contributed by atoms with Crippen molar-refractivity contribution in [3.05, 3.63) is 89.6 Å². The van der Waals surface area contributed by atoms with Crippen molar-refractivity contribution in [2.75, 3.05) is 10.6 Å². The smallest absolute Gasteiger partial charge is 0.129 e. The van der Waals surface area contributed by atoms with Gasteiger partial charge in [0.1, 0.15) is 5.82 Å². The third-order valence-corrected chi connectivity index (χ3v) is 3.87. The summed E-state index contributed by atoms with van der Waals surface area (Å²) in [7, 11) is 0. The van der Waals surface area contributed by atoms with Crippen LogP contribution in [0.5, 0.6) is 0 Å². The predicted octanol–water partition coefficient (Wildman–Crippen LogP) is 4.18. The molecule has 116 valence electrons. The Hall–Kier alpha value is -2.81. The Balaban J connectivity index is 1.90. The summed E-state index contributed by atoms with van der Waals surface area (Å²) in [6, 6.07) is 24.8. The molecule has 0 atom stereocenters. The third-order valence-electron chi connectivity index (χ3n) is 3.87. The number of rotatable bonds is 5. The van der Waals surface area contributed by atoms with E-state index in [0.717, 1.165) is 30.3 Å².